The first-order valence-corrected chi connectivity index (χ1v) is 5.18. The fraction of sp³-hybridized carbons (Fsp3) is 0.0833. The monoisotopic (exact) mass is 247 g/mol. The minimum Gasteiger partial charge on any atom is -0.364 e. The van der Waals surface area contributed by atoms with Gasteiger partial charge in [-0.3, -0.25) is 9.59 Å². The minimum atomic E-state index is -0.638. The van der Waals surface area contributed by atoms with Crippen molar-refractivity contribution >= 4 is 11.6 Å². The van der Waals surface area contributed by atoms with Gasteiger partial charge in [-0.25, -0.2) is 4.98 Å². The zero-order valence-electron chi connectivity index (χ0n) is 9.53. The molecule has 0 atom stereocenters. The Hall–Kier alpha value is -2.50. The third-order valence-corrected chi connectivity index (χ3v) is 2.29. The highest BCUT2D eigenvalue weighted by Gasteiger charge is 2.10. The van der Waals surface area contributed by atoms with Gasteiger partial charge in [0.05, 0.1) is 11.9 Å². The molecule has 5 nitrogen and oxygen atoms in total. The second-order valence-corrected chi connectivity index (χ2v) is 3.72. The van der Waals surface area contributed by atoms with Crippen molar-refractivity contribution in [2.45, 2.75) is 6.92 Å². The van der Waals surface area contributed by atoms with Crippen molar-refractivity contribution in [3.05, 3.63) is 58.0 Å². The topological polar surface area (TPSA) is 74.8 Å². The number of nitrogens with zero attached hydrogens (tertiary/aromatic N) is 1. The summed E-state index contributed by atoms with van der Waals surface area (Å²) in [5.41, 5.74) is 0.602. The molecular formula is C12H10FN3O2. The van der Waals surface area contributed by atoms with Crippen LogP contribution in [0.4, 0.5) is 10.1 Å². The molecule has 92 valence electrons. The van der Waals surface area contributed by atoms with Gasteiger partial charge in [0, 0.05) is 18.0 Å². The van der Waals surface area contributed by atoms with Gasteiger partial charge < -0.3 is 10.3 Å². The lowest BCUT2D eigenvalue weighted by Gasteiger charge is -2.04. The molecule has 0 spiro atoms. The predicted octanol–water partition coefficient (Wildman–Crippen LogP) is 1.47. The van der Waals surface area contributed by atoms with Crippen LogP contribution in [0.15, 0.2) is 35.4 Å². The molecule has 0 aromatic carbocycles. The number of hydrogen-bond acceptors (Lipinski definition) is 3. The minimum absolute atomic E-state index is 0.00933. The first-order chi connectivity index (χ1) is 8.56. The van der Waals surface area contributed by atoms with E-state index in [2.05, 4.69) is 15.3 Å². The van der Waals surface area contributed by atoms with Crippen molar-refractivity contribution < 1.29 is 9.18 Å². The van der Waals surface area contributed by atoms with Crippen LogP contribution in [0, 0.1) is 12.9 Å². The standard InChI is InChI=1S/C12H10FN3O2/c1-7-4-10(17)9(6-14-7)12(18)16-8-2-3-11(13)15-5-8/h2-6H,1H3,(H,14,17)(H,16,18). The van der Waals surface area contributed by atoms with E-state index in [9.17, 15) is 14.0 Å². The van der Waals surface area contributed by atoms with Gasteiger partial charge in [0.2, 0.25) is 5.95 Å². The lowest BCUT2D eigenvalue weighted by Crippen LogP contribution is -2.21. The number of anilines is 1. The summed E-state index contributed by atoms with van der Waals surface area (Å²) in [6, 6.07) is 3.81. The molecule has 0 fully saturated rings. The van der Waals surface area contributed by atoms with Crippen LogP contribution in [0.1, 0.15) is 16.1 Å². The Morgan fingerprint density at radius 1 is 1.44 bits per heavy atom. The highest BCUT2D eigenvalue weighted by molar-refractivity contribution is 6.03. The van der Waals surface area contributed by atoms with Gasteiger partial charge in [-0.05, 0) is 19.1 Å². The third-order valence-electron chi connectivity index (χ3n) is 2.29. The van der Waals surface area contributed by atoms with Crippen LogP contribution in [-0.4, -0.2) is 15.9 Å². The van der Waals surface area contributed by atoms with E-state index >= 15 is 0 Å². The van der Waals surface area contributed by atoms with Gasteiger partial charge in [0.1, 0.15) is 5.56 Å². The highest BCUT2D eigenvalue weighted by atomic mass is 19.1. The largest absolute Gasteiger partial charge is 0.364 e. The third kappa shape index (κ3) is 2.60. The molecule has 0 aliphatic carbocycles. The summed E-state index contributed by atoms with van der Waals surface area (Å²) in [6.45, 7) is 1.72. The molecule has 0 aliphatic heterocycles. The lowest BCUT2D eigenvalue weighted by molar-refractivity contribution is 0.102. The molecule has 0 saturated carbocycles. The molecule has 0 radical (unpaired) electrons. The number of aromatic amines is 1. The Morgan fingerprint density at radius 2 is 2.22 bits per heavy atom. The van der Waals surface area contributed by atoms with E-state index in [1.54, 1.807) is 6.92 Å². The molecular weight excluding hydrogens is 237 g/mol. The maximum atomic E-state index is 12.6. The summed E-state index contributed by atoms with van der Waals surface area (Å²) in [4.78, 5) is 29.5. The quantitative estimate of drug-likeness (QED) is 0.789. The molecule has 2 aromatic heterocycles. The second-order valence-electron chi connectivity index (χ2n) is 3.72. The summed E-state index contributed by atoms with van der Waals surface area (Å²) in [5, 5.41) is 2.46. The van der Waals surface area contributed by atoms with Crippen molar-refractivity contribution in [3.8, 4) is 0 Å². The fourth-order valence-electron chi connectivity index (χ4n) is 1.40. The van der Waals surface area contributed by atoms with Crippen LogP contribution >= 0.6 is 0 Å². The van der Waals surface area contributed by atoms with Gasteiger partial charge in [-0.1, -0.05) is 0 Å². The fourth-order valence-corrected chi connectivity index (χ4v) is 1.40. The number of carbonyl (C=O) groups is 1. The molecule has 2 heterocycles. The van der Waals surface area contributed by atoms with Crippen molar-refractivity contribution in [3.63, 3.8) is 0 Å². The number of rotatable bonds is 2. The van der Waals surface area contributed by atoms with Crippen molar-refractivity contribution in [2.75, 3.05) is 5.32 Å². The zero-order chi connectivity index (χ0) is 13.1. The van der Waals surface area contributed by atoms with Gasteiger partial charge >= 0.3 is 0 Å². The second kappa shape index (κ2) is 4.79. The zero-order valence-corrected chi connectivity index (χ0v) is 9.53. The lowest BCUT2D eigenvalue weighted by atomic mass is 10.2. The van der Waals surface area contributed by atoms with E-state index in [1.807, 2.05) is 0 Å². The molecule has 2 rings (SSSR count). The summed E-state index contributed by atoms with van der Waals surface area (Å²) in [6.07, 6.45) is 2.51. The van der Waals surface area contributed by atoms with Gasteiger partial charge in [-0.15, -0.1) is 0 Å². The van der Waals surface area contributed by atoms with Gasteiger partial charge in [0.25, 0.3) is 5.91 Å². The first kappa shape index (κ1) is 12.0. The Balaban J connectivity index is 2.22. The number of carbonyl (C=O) groups excluding carboxylic acids is 1. The number of H-pyrrole nitrogens is 1. The van der Waals surface area contributed by atoms with Crippen LogP contribution < -0.4 is 10.7 Å². The molecule has 1 amide bonds. The Bertz CT molecular complexity index is 635. The van der Waals surface area contributed by atoms with Gasteiger partial charge in [-0.2, -0.15) is 4.39 Å². The van der Waals surface area contributed by atoms with Crippen LogP contribution in [0.2, 0.25) is 0 Å². The smallest absolute Gasteiger partial charge is 0.261 e. The molecule has 2 N–H and O–H groups in total. The number of nitrogens with one attached hydrogen (secondary N) is 2. The van der Waals surface area contributed by atoms with Crippen molar-refractivity contribution in [1.82, 2.24) is 9.97 Å². The summed E-state index contributed by atoms with van der Waals surface area (Å²) in [7, 11) is 0. The first-order valence-electron chi connectivity index (χ1n) is 5.18. The average molecular weight is 247 g/mol. The van der Waals surface area contributed by atoms with E-state index in [-0.39, 0.29) is 11.0 Å². The number of amides is 1. The van der Waals surface area contributed by atoms with Crippen molar-refractivity contribution in [2.24, 2.45) is 0 Å². The molecule has 18 heavy (non-hydrogen) atoms. The number of hydrogen-bond donors (Lipinski definition) is 2. The number of pyridine rings is 2. The number of aromatic nitrogens is 2. The van der Waals surface area contributed by atoms with E-state index in [0.29, 0.717) is 11.4 Å². The van der Waals surface area contributed by atoms with Crippen LogP contribution in [0.25, 0.3) is 0 Å². The summed E-state index contributed by atoms with van der Waals surface area (Å²) in [5.74, 6) is -1.20. The molecule has 2 aromatic rings. The average Bonchev–Trinajstić information content (AvgIpc) is 2.32. The molecule has 0 unspecified atom stereocenters. The Labute approximate surface area is 102 Å². The number of halogens is 1. The van der Waals surface area contributed by atoms with E-state index in [1.165, 1.54) is 24.5 Å². The molecule has 0 saturated heterocycles. The Kier molecular flexibility index (Phi) is 3.18. The normalized spacial score (nSPS) is 10.1. The SMILES string of the molecule is Cc1cc(=O)c(C(=O)Nc2ccc(F)nc2)c[nH]1. The van der Waals surface area contributed by atoms with E-state index in [0.717, 1.165) is 6.07 Å². The van der Waals surface area contributed by atoms with Crippen molar-refractivity contribution in [1.29, 1.82) is 0 Å². The highest BCUT2D eigenvalue weighted by Crippen LogP contribution is 2.06. The van der Waals surface area contributed by atoms with Crippen LogP contribution in [-0.2, 0) is 0 Å². The van der Waals surface area contributed by atoms with E-state index in [4.69, 9.17) is 0 Å². The van der Waals surface area contributed by atoms with Crippen LogP contribution in [0.3, 0.4) is 0 Å². The van der Waals surface area contributed by atoms with Gasteiger partial charge in [0.15, 0.2) is 5.43 Å². The van der Waals surface area contributed by atoms with Crippen LogP contribution in [0.5, 0.6) is 0 Å². The molecule has 0 aliphatic rings. The number of aryl methyl sites for hydroxylation is 1. The summed E-state index contributed by atoms with van der Waals surface area (Å²) < 4.78 is 12.6. The maximum absolute atomic E-state index is 12.6. The predicted molar refractivity (Wildman–Crippen MR) is 63.9 cm³/mol. The summed E-state index contributed by atoms with van der Waals surface area (Å²) >= 11 is 0. The molecule has 0 bridgehead atoms. The molecule has 6 heteroatoms. The Morgan fingerprint density at radius 3 is 2.83 bits per heavy atom. The van der Waals surface area contributed by atoms with E-state index < -0.39 is 11.9 Å². The maximum Gasteiger partial charge on any atom is 0.261 e.